The monoisotopic (exact) mass is 444 g/mol. The van der Waals surface area contributed by atoms with Gasteiger partial charge in [-0.05, 0) is 43.6 Å². The number of nitro benzene ring substituents is 1. The molecule has 1 aromatic heterocycles. The standard InChI is InChI=1S/C21H24N4O3S2/c1-4-23(5-2)13-14-24(20(26)15-9-11-16(12-10-15)25(27)28)21-22-19-17(29-3)7-6-8-18(19)30-21/h6-12H,4-5,13-14H2,1-3H3. The number of non-ortho nitro benzene ring substituents is 1. The van der Waals surface area contributed by atoms with Gasteiger partial charge in [-0.15, -0.1) is 11.8 Å². The second-order valence-corrected chi connectivity index (χ2v) is 8.45. The van der Waals surface area contributed by atoms with E-state index in [-0.39, 0.29) is 11.6 Å². The summed E-state index contributed by atoms with van der Waals surface area (Å²) in [5, 5.41) is 11.6. The fourth-order valence-corrected chi connectivity index (χ4v) is 4.78. The summed E-state index contributed by atoms with van der Waals surface area (Å²) < 4.78 is 1.03. The number of benzene rings is 2. The Balaban J connectivity index is 1.97. The lowest BCUT2D eigenvalue weighted by Gasteiger charge is -2.24. The molecule has 3 rings (SSSR count). The number of rotatable bonds is 9. The van der Waals surface area contributed by atoms with Crippen LogP contribution in [-0.2, 0) is 0 Å². The van der Waals surface area contributed by atoms with Gasteiger partial charge in [-0.3, -0.25) is 19.8 Å². The van der Waals surface area contributed by atoms with Crippen molar-refractivity contribution >= 4 is 50.0 Å². The van der Waals surface area contributed by atoms with Gasteiger partial charge >= 0.3 is 0 Å². The number of thiazole rings is 1. The summed E-state index contributed by atoms with van der Waals surface area (Å²) in [5.41, 5.74) is 1.27. The van der Waals surface area contributed by atoms with Crippen LogP contribution in [0.4, 0.5) is 10.8 Å². The summed E-state index contributed by atoms with van der Waals surface area (Å²) in [7, 11) is 0. The highest BCUT2D eigenvalue weighted by Gasteiger charge is 2.23. The maximum Gasteiger partial charge on any atom is 0.269 e. The van der Waals surface area contributed by atoms with Crippen molar-refractivity contribution in [1.29, 1.82) is 0 Å². The minimum Gasteiger partial charge on any atom is -0.302 e. The number of carbonyl (C=O) groups is 1. The number of nitrogens with zero attached hydrogens (tertiary/aromatic N) is 4. The van der Waals surface area contributed by atoms with E-state index >= 15 is 0 Å². The minimum absolute atomic E-state index is 0.0363. The fraction of sp³-hybridized carbons (Fsp3) is 0.333. The van der Waals surface area contributed by atoms with Crippen LogP contribution in [0.25, 0.3) is 10.2 Å². The number of nitro groups is 1. The van der Waals surface area contributed by atoms with E-state index in [4.69, 9.17) is 4.98 Å². The largest absolute Gasteiger partial charge is 0.302 e. The second kappa shape index (κ2) is 10.0. The normalized spacial score (nSPS) is 11.2. The molecule has 0 bridgehead atoms. The van der Waals surface area contributed by atoms with Crippen LogP contribution in [-0.4, -0.2) is 53.1 Å². The summed E-state index contributed by atoms with van der Waals surface area (Å²) in [6.07, 6.45) is 2.01. The Kier molecular flexibility index (Phi) is 7.41. The van der Waals surface area contributed by atoms with Crippen molar-refractivity contribution in [2.24, 2.45) is 0 Å². The third kappa shape index (κ3) is 4.80. The first kappa shape index (κ1) is 22.2. The lowest BCUT2D eigenvalue weighted by atomic mass is 10.2. The summed E-state index contributed by atoms with van der Waals surface area (Å²) in [6.45, 7) is 7.19. The number of para-hydroxylation sites is 1. The van der Waals surface area contributed by atoms with Crippen molar-refractivity contribution in [2.45, 2.75) is 18.7 Å². The number of hydrogen-bond acceptors (Lipinski definition) is 7. The van der Waals surface area contributed by atoms with Gasteiger partial charge in [0.25, 0.3) is 11.6 Å². The molecule has 0 aliphatic heterocycles. The van der Waals surface area contributed by atoms with Crippen LogP contribution in [0.15, 0.2) is 47.4 Å². The molecule has 0 fully saturated rings. The Morgan fingerprint density at radius 3 is 2.43 bits per heavy atom. The molecule has 1 amide bonds. The first-order valence-electron chi connectivity index (χ1n) is 9.70. The van der Waals surface area contributed by atoms with Gasteiger partial charge in [0.15, 0.2) is 5.13 Å². The second-order valence-electron chi connectivity index (χ2n) is 6.59. The molecule has 0 aliphatic rings. The molecule has 0 unspecified atom stereocenters. The molecule has 0 saturated carbocycles. The molecule has 3 aromatic rings. The molecular weight excluding hydrogens is 420 g/mol. The van der Waals surface area contributed by atoms with Gasteiger partial charge in [0.2, 0.25) is 0 Å². The number of fused-ring (bicyclic) bond motifs is 1. The minimum atomic E-state index is -0.468. The first-order valence-corrected chi connectivity index (χ1v) is 11.7. The zero-order valence-corrected chi connectivity index (χ0v) is 18.8. The molecule has 30 heavy (non-hydrogen) atoms. The molecule has 0 N–H and O–H groups in total. The third-order valence-electron chi connectivity index (χ3n) is 4.93. The van der Waals surface area contributed by atoms with E-state index in [1.807, 2.05) is 24.5 Å². The molecular formula is C21H24N4O3S2. The molecule has 158 valence electrons. The van der Waals surface area contributed by atoms with Crippen molar-refractivity contribution < 1.29 is 9.72 Å². The summed E-state index contributed by atoms with van der Waals surface area (Å²) in [4.78, 5) is 33.6. The van der Waals surface area contributed by atoms with Crippen molar-refractivity contribution in [1.82, 2.24) is 9.88 Å². The van der Waals surface area contributed by atoms with Crippen LogP contribution in [0, 0.1) is 10.1 Å². The third-order valence-corrected chi connectivity index (χ3v) is 6.74. The van der Waals surface area contributed by atoms with E-state index in [1.54, 1.807) is 16.7 Å². The Labute approximate surface area is 183 Å². The van der Waals surface area contributed by atoms with Gasteiger partial charge in [0, 0.05) is 35.7 Å². The molecule has 2 aromatic carbocycles. The highest BCUT2D eigenvalue weighted by molar-refractivity contribution is 7.98. The lowest BCUT2D eigenvalue weighted by Crippen LogP contribution is -2.38. The van der Waals surface area contributed by atoms with Gasteiger partial charge in [-0.1, -0.05) is 31.3 Å². The lowest BCUT2D eigenvalue weighted by molar-refractivity contribution is -0.384. The summed E-state index contributed by atoms with van der Waals surface area (Å²) in [5.74, 6) is -0.207. The number of carbonyl (C=O) groups excluding carboxylic acids is 1. The van der Waals surface area contributed by atoms with E-state index in [9.17, 15) is 14.9 Å². The molecule has 1 heterocycles. The maximum absolute atomic E-state index is 13.3. The Morgan fingerprint density at radius 1 is 1.13 bits per heavy atom. The zero-order valence-electron chi connectivity index (χ0n) is 17.2. The van der Waals surface area contributed by atoms with Crippen molar-refractivity contribution in [2.75, 3.05) is 37.3 Å². The average molecular weight is 445 g/mol. The molecule has 0 spiro atoms. The van der Waals surface area contributed by atoms with Crippen molar-refractivity contribution in [3.05, 3.63) is 58.1 Å². The van der Waals surface area contributed by atoms with Crippen LogP contribution < -0.4 is 4.90 Å². The van der Waals surface area contributed by atoms with E-state index in [0.29, 0.717) is 17.2 Å². The van der Waals surface area contributed by atoms with Crippen molar-refractivity contribution in [3.8, 4) is 0 Å². The van der Waals surface area contributed by atoms with Gasteiger partial charge < -0.3 is 4.90 Å². The number of anilines is 1. The number of amides is 1. The topological polar surface area (TPSA) is 79.6 Å². The van der Waals surface area contributed by atoms with Crippen LogP contribution in [0.3, 0.4) is 0 Å². The van der Waals surface area contributed by atoms with E-state index < -0.39 is 4.92 Å². The quantitative estimate of drug-likeness (QED) is 0.265. The van der Waals surface area contributed by atoms with Gasteiger partial charge in [0.05, 0.1) is 15.1 Å². The summed E-state index contributed by atoms with van der Waals surface area (Å²) in [6, 6.07) is 11.8. The summed E-state index contributed by atoms with van der Waals surface area (Å²) >= 11 is 3.11. The van der Waals surface area contributed by atoms with Gasteiger partial charge in [-0.2, -0.15) is 0 Å². The SMILES string of the molecule is CCN(CC)CCN(C(=O)c1ccc([N+](=O)[O-])cc1)c1nc2c(SC)cccc2s1. The van der Waals surface area contributed by atoms with Crippen molar-refractivity contribution in [3.63, 3.8) is 0 Å². The van der Waals surface area contributed by atoms with Gasteiger partial charge in [-0.25, -0.2) is 4.98 Å². The number of hydrogen-bond donors (Lipinski definition) is 0. The van der Waals surface area contributed by atoms with Crippen LogP contribution in [0.2, 0.25) is 0 Å². The van der Waals surface area contributed by atoms with E-state index in [0.717, 1.165) is 34.7 Å². The molecule has 7 nitrogen and oxygen atoms in total. The molecule has 0 radical (unpaired) electrons. The predicted octanol–water partition coefficient (Wildman–Crippen LogP) is 4.92. The number of aromatic nitrogens is 1. The van der Waals surface area contributed by atoms with E-state index in [2.05, 4.69) is 18.7 Å². The Morgan fingerprint density at radius 2 is 1.83 bits per heavy atom. The van der Waals surface area contributed by atoms with Crippen LogP contribution in [0.5, 0.6) is 0 Å². The molecule has 0 saturated heterocycles. The maximum atomic E-state index is 13.3. The predicted molar refractivity (Wildman–Crippen MR) is 124 cm³/mol. The number of likely N-dealkylation sites (N-methyl/N-ethyl adjacent to an activating group) is 1. The first-order chi connectivity index (χ1) is 14.5. The van der Waals surface area contributed by atoms with Crippen LogP contribution in [0.1, 0.15) is 24.2 Å². The smallest absolute Gasteiger partial charge is 0.269 e. The fourth-order valence-electron chi connectivity index (χ4n) is 3.14. The zero-order chi connectivity index (χ0) is 21.7. The van der Waals surface area contributed by atoms with Crippen LogP contribution >= 0.6 is 23.1 Å². The van der Waals surface area contributed by atoms with E-state index in [1.165, 1.54) is 35.6 Å². The highest BCUT2D eigenvalue weighted by atomic mass is 32.2. The Bertz CT molecular complexity index is 1030. The Hall–Kier alpha value is -2.49. The molecule has 9 heteroatoms. The molecule has 0 atom stereocenters. The highest BCUT2D eigenvalue weighted by Crippen LogP contribution is 2.34. The van der Waals surface area contributed by atoms with Gasteiger partial charge in [0.1, 0.15) is 0 Å². The molecule has 0 aliphatic carbocycles. The number of thioether (sulfide) groups is 1. The average Bonchev–Trinajstić information content (AvgIpc) is 3.20.